The molecule has 1 unspecified atom stereocenters. The van der Waals surface area contributed by atoms with Crippen molar-refractivity contribution in [3.8, 4) is 11.5 Å². The third-order valence-corrected chi connectivity index (χ3v) is 9.90. The summed E-state index contributed by atoms with van der Waals surface area (Å²) in [7, 11) is 0. The Kier molecular flexibility index (Phi) is 11.7. The lowest BCUT2D eigenvalue weighted by Gasteiger charge is -2.33. The van der Waals surface area contributed by atoms with Crippen LogP contribution in [0.25, 0.3) is 0 Å². The van der Waals surface area contributed by atoms with E-state index in [2.05, 4.69) is 20.6 Å². The van der Waals surface area contributed by atoms with E-state index in [9.17, 15) is 18.4 Å². The molecule has 50 heavy (non-hydrogen) atoms. The van der Waals surface area contributed by atoms with E-state index in [0.717, 1.165) is 56.9 Å². The highest BCUT2D eigenvalue weighted by Gasteiger charge is 2.28. The number of halogens is 2. The van der Waals surface area contributed by atoms with Crippen molar-refractivity contribution in [2.75, 3.05) is 0 Å². The summed E-state index contributed by atoms with van der Waals surface area (Å²) in [5, 5.41) is 6.23. The molecule has 0 radical (unpaired) electrons. The van der Waals surface area contributed by atoms with Crippen molar-refractivity contribution < 1.29 is 27.8 Å². The van der Waals surface area contributed by atoms with Gasteiger partial charge >= 0.3 is 0 Å². The predicted octanol–water partition coefficient (Wildman–Crippen LogP) is 8.07. The van der Waals surface area contributed by atoms with Gasteiger partial charge in [-0.1, -0.05) is 19.3 Å². The van der Waals surface area contributed by atoms with Crippen molar-refractivity contribution in [2.24, 2.45) is 5.92 Å². The first-order valence-electron chi connectivity index (χ1n) is 17.6. The maximum absolute atomic E-state index is 14.7. The summed E-state index contributed by atoms with van der Waals surface area (Å²) in [6.07, 6.45) is 12.2. The molecule has 2 saturated carbocycles. The fourth-order valence-corrected chi connectivity index (χ4v) is 6.91. The fourth-order valence-electron chi connectivity index (χ4n) is 6.91. The summed E-state index contributed by atoms with van der Waals surface area (Å²) in [6, 6.07) is 17.9. The molecule has 0 aliphatic heterocycles. The smallest absolute Gasteiger partial charge is 0.253 e. The van der Waals surface area contributed by atoms with Crippen molar-refractivity contribution in [3.05, 3.63) is 119 Å². The van der Waals surface area contributed by atoms with Gasteiger partial charge in [-0.3, -0.25) is 19.6 Å². The van der Waals surface area contributed by atoms with Gasteiger partial charge in [-0.05, 0) is 124 Å². The van der Waals surface area contributed by atoms with Crippen LogP contribution in [-0.2, 0) is 13.2 Å². The van der Waals surface area contributed by atoms with Crippen LogP contribution in [0.4, 0.5) is 8.78 Å². The van der Waals surface area contributed by atoms with Crippen LogP contribution in [0.1, 0.15) is 108 Å². The van der Waals surface area contributed by atoms with Gasteiger partial charge in [-0.15, -0.1) is 0 Å². The number of amides is 2. The lowest BCUT2D eigenvalue weighted by molar-refractivity contribution is 0.0912. The quantitative estimate of drug-likeness (QED) is 0.157. The fraction of sp³-hybridized carbons (Fsp3) is 0.400. The van der Waals surface area contributed by atoms with E-state index < -0.39 is 0 Å². The number of ether oxygens (including phenoxy) is 2. The molecule has 2 fully saturated rings. The van der Waals surface area contributed by atoms with Crippen LogP contribution in [0.3, 0.4) is 0 Å². The molecular formula is C40H44F2N4O4. The molecular weight excluding hydrogens is 638 g/mol. The van der Waals surface area contributed by atoms with Gasteiger partial charge in [-0.25, -0.2) is 8.78 Å². The minimum Gasteiger partial charge on any atom is -0.487 e. The first kappa shape index (κ1) is 35.0. The Morgan fingerprint density at radius 2 is 1.34 bits per heavy atom. The topological polar surface area (TPSA) is 102 Å². The Hall–Kier alpha value is -4.86. The zero-order chi connectivity index (χ0) is 34.9. The number of benzene rings is 2. The molecule has 2 aromatic heterocycles. The second kappa shape index (κ2) is 16.7. The largest absolute Gasteiger partial charge is 0.487 e. The van der Waals surface area contributed by atoms with E-state index in [1.165, 1.54) is 30.8 Å². The third-order valence-electron chi connectivity index (χ3n) is 9.90. The van der Waals surface area contributed by atoms with E-state index in [4.69, 9.17) is 9.47 Å². The lowest BCUT2D eigenvalue weighted by atomic mass is 9.76. The molecule has 10 heteroatoms. The van der Waals surface area contributed by atoms with Crippen LogP contribution < -0.4 is 20.1 Å². The van der Waals surface area contributed by atoms with Crippen LogP contribution in [-0.4, -0.2) is 33.9 Å². The van der Waals surface area contributed by atoms with Crippen molar-refractivity contribution in [3.63, 3.8) is 0 Å². The summed E-state index contributed by atoms with van der Waals surface area (Å²) in [4.78, 5) is 34.3. The van der Waals surface area contributed by atoms with Crippen LogP contribution in [0.15, 0.2) is 79.1 Å². The van der Waals surface area contributed by atoms with Crippen LogP contribution in [0.5, 0.6) is 11.5 Å². The maximum Gasteiger partial charge on any atom is 0.253 e. The highest BCUT2D eigenvalue weighted by atomic mass is 19.1. The minimum absolute atomic E-state index is 0.0337. The van der Waals surface area contributed by atoms with E-state index in [-0.39, 0.29) is 54.7 Å². The van der Waals surface area contributed by atoms with Gasteiger partial charge < -0.3 is 20.1 Å². The van der Waals surface area contributed by atoms with Crippen molar-refractivity contribution >= 4 is 11.8 Å². The summed E-state index contributed by atoms with van der Waals surface area (Å²) in [5.41, 5.74) is 3.21. The summed E-state index contributed by atoms with van der Waals surface area (Å²) >= 11 is 0. The number of hydrogen-bond acceptors (Lipinski definition) is 6. The average Bonchev–Trinajstić information content (AvgIpc) is 3.14. The zero-order valence-electron chi connectivity index (χ0n) is 28.4. The van der Waals surface area contributed by atoms with Crippen molar-refractivity contribution in [1.29, 1.82) is 0 Å². The van der Waals surface area contributed by atoms with Gasteiger partial charge in [0.25, 0.3) is 11.8 Å². The minimum atomic E-state index is -0.343. The number of aromatic nitrogens is 2. The van der Waals surface area contributed by atoms with Gasteiger partial charge in [0.1, 0.15) is 36.3 Å². The van der Waals surface area contributed by atoms with Gasteiger partial charge in [0.05, 0.1) is 22.5 Å². The van der Waals surface area contributed by atoms with Crippen LogP contribution >= 0.6 is 0 Å². The number of nitrogens with one attached hydrogen (secondary N) is 2. The van der Waals surface area contributed by atoms with E-state index in [1.54, 1.807) is 48.7 Å². The first-order chi connectivity index (χ1) is 24.3. The summed E-state index contributed by atoms with van der Waals surface area (Å²) in [6.45, 7) is 2.40. The second-order valence-electron chi connectivity index (χ2n) is 13.5. The lowest BCUT2D eigenvalue weighted by Crippen LogP contribution is -2.39. The molecule has 2 N–H and O–H groups in total. The summed E-state index contributed by atoms with van der Waals surface area (Å²) in [5.74, 6) is 0.526. The highest BCUT2D eigenvalue weighted by Crippen LogP contribution is 2.38. The molecule has 2 amide bonds. The number of rotatable bonds is 12. The normalized spacial score (nSPS) is 18.5. The van der Waals surface area contributed by atoms with Crippen molar-refractivity contribution in [2.45, 2.75) is 95.9 Å². The van der Waals surface area contributed by atoms with Crippen molar-refractivity contribution in [1.82, 2.24) is 20.6 Å². The number of hydrogen-bond donors (Lipinski definition) is 2. The molecule has 0 spiro atoms. The Labute approximate surface area is 292 Å². The molecule has 2 heterocycles. The van der Waals surface area contributed by atoms with E-state index in [1.807, 2.05) is 13.0 Å². The molecule has 0 bridgehead atoms. The molecule has 8 nitrogen and oxygen atoms in total. The molecule has 0 saturated heterocycles. The molecule has 2 aliphatic carbocycles. The Morgan fingerprint density at radius 3 is 1.96 bits per heavy atom. The van der Waals surface area contributed by atoms with Gasteiger partial charge in [0.15, 0.2) is 0 Å². The monoisotopic (exact) mass is 682 g/mol. The van der Waals surface area contributed by atoms with Gasteiger partial charge in [0, 0.05) is 30.5 Å². The molecule has 262 valence electrons. The zero-order valence-corrected chi connectivity index (χ0v) is 28.4. The van der Waals surface area contributed by atoms with E-state index in [0.29, 0.717) is 39.9 Å². The molecule has 1 atom stereocenters. The van der Waals surface area contributed by atoms with Crippen LogP contribution in [0, 0.1) is 17.6 Å². The second-order valence-corrected chi connectivity index (χ2v) is 13.5. The first-order valence-corrected chi connectivity index (χ1v) is 17.6. The summed E-state index contributed by atoms with van der Waals surface area (Å²) < 4.78 is 39.4. The number of nitrogens with zero attached hydrogens (tertiary/aromatic N) is 2. The standard InChI is InChI=1S/C40H44F2N4O4/c1-26(45-39(47)29-11-15-35(43-22-29)24-49-37-17-13-32(41)14-18-37)27-7-9-28(10-8-27)31-19-33(42)21-38(20-31)50-25-36-16-12-30(23-44-36)40(48)46-34-5-3-2-4-6-34/h11-23,26-28,34H,2-10,24-25H2,1H3,(H,45,47)(H,46,48). The van der Waals surface area contributed by atoms with Gasteiger partial charge in [-0.2, -0.15) is 0 Å². The Bertz CT molecular complexity index is 1720. The van der Waals surface area contributed by atoms with E-state index >= 15 is 0 Å². The molecule has 6 rings (SSSR count). The van der Waals surface area contributed by atoms with Crippen LogP contribution in [0.2, 0.25) is 0 Å². The Morgan fingerprint density at radius 1 is 0.720 bits per heavy atom. The maximum atomic E-state index is 14.7. The molecule has 2 aliphatic rings. The SMILES string of the molecule is CC(NC(=O)c1ccc(COc2ccc(F)cc2)nc1)C1CCC(c2cc(F)cc(OCc3ccc(C(=O)NC4CCCCC4)cn3)c2)CC1. The average molecular weight is 683 g/mol. The highest BCUT2D eigenvalue weighted by molar-refractivity contribution is 5.94. The third kappa shape index (κ3) is 9.64. The Balaban J connectivity index is 0.948. The molecule has 4 aromatic rings. The molecule has 2 aromatic carbocycles. The predicted molar refractivity (Wildman–Crippen MR) is 186 cm³/mol. The number of carbonyl (C=O) groups excluding carboxylic acids is 2. The van der Waals surface area contributed by atoms with Gasteiger partial charge in [0.2, 0.25) is 0 Å². The number of carbonyl (C=O) groups is 2. The number of pyridine rings is 2.